The van der Waals surface area contributed by atoms with Gasteiger partial charge in [-0.1, -0.05) is 97.8 Å². The molecular weight excluding hydrogens is 316 g/mol. The highest BCUT2D eigenvalue weighted by Gasteiger charge is 2.10. The Morgan fingerprint density at radius 1 is 0.769 bits per heavy atom. The van der Waals surface area contributed by atoms with Crippen LogP contribution in [0.5, 0.6) is 0 Å². The van der Waals surface area contributed by atoms with Crippen LogP contribution in [0.1, 0.15) is 123 Å². The van der Waals surface area contributed by atoms with E-state index in [2.05, 4.69) is 42.7 Å². The molecule has 2 nitrogen and oxygen atoms in total. The van der Waals surface area contributed by atoms with Crippen LogP contribution in [0.2, 0.25) is 0 Å². The van der Waals surface area contributed by atoms with Crippen molar-refractivity contribution in [3.63, 3.8) is 0 Å². The van der Waals surface area contributed by atoms with Crippen LogP contribution in [0.15, 0.2) is 12.4 Å². The van der Waals surface area contributed by atoms with E-state index in [-0.39, 0.29) is 0 Å². The molecule has 0 saturated carbocycles. The molecule has 1 aromatic rings. The van der Waals surface area contributed by atoms with Gasteiger partial charge >= 0.3 is 0 Å². The molecule has 0 saturated heterocycles. The molecule has 26 heavy (non-hydrogen) atoms. The van der Waals surface area contributed by atoms with Crippen LogP contribution in [0.25, 0.3) is 0 Å². The molecule has 1 aromatic heterocycles. The molecule has 1 heterocycles. The van der Waals surface area contributed by atoms with Crippen molar-refractivity contribution >= 4 is 0 Å². The maximum atomic E-state index is 3.44. The van der Waals surface area contributed by atoms with Crippen molar-refractivity contribution in [2.75, 3.05) is 0 Å². The summed E-state index contributed by atoms with van der Waals surface area (Å²) in [6.07, 6.45) is 26.8. The van der Waals surface area contributed by atoms with Crippen molar-refractivity contribution in [1.82, 2.24) is 4.98 Å². The molecule has 1 rings (SSSR count). The number of aromatic nitrogens is 2. The highest BCUT2D eigenvalue weighted by Crippen LogP contribution is 2.12. The largest absolute Gasteiger partial charge is 0.254 e. The Morgan fingerprint density at radius 2 is 1.31 bits per heavy atom. The first-order valence-corrected chi connectivity index (χ1v) is 11.8. The zero-order valence-corrected chi connectivity index (χ0v) is 18.2. The molecule has 0 amide bonds. The molecule has 1 N–H and O–H groups in total. The first-order valence-electron chi connectivity index (χ1n) is 11.8. The zero-order chi connectivity index (χ0) is 18.9. The van der Waals surface area contributed by atoms with Gasteiger partial charge in [-0.2, -0.15) is 0 Å². The first kappa shape index (κ1) is 23.2. The molecule has 0 aliphatic heterocycles. The molecule has 0 atom stereocenters. The molecule has 0 spiro atoms. The molecule has 0 aliphatic rings. The molecule has 0 fully saturated rings. The van der Waals surface area contributed by atoms with E-state index in [1.54, 1.807) is 0 Å². The highest BCUT2D eigenvalue weighted by molar-refractivity contribution is 4.77. The van der Waals surface area contributed by atoms with E-state index >= 15 is 0 Å². The Bertz CT molecular complexity index is 408. The van der Waals surface area contributed by atoms with Crippen molar-refractivity contribution in [1.29, 1.82) is 0 Å². The van der Waals surface area contributed by atoms with Gasteiger partial charge in [0.05, 0.1) is 6.54 Å². The van der Waals surface area contributed by atoms with Gasteiger partial charge in [0.25, 0.3) is 5.82 Å². The maximum Gasteiger partial charge on any atom is 0.254 e. The lowest BCUT2D eigenvalue weighted by Crippen LogP contribution is -2.36. The van der Waals surface area contributed by atoms with Crippen molar-refractivity contribution < 1.29 is 4.57 Å². The average Bonchev–Trinajstić information content (AvgIpc) is 3.06. The van der Waals surface area contributed by atoms with E-state index in [9.17, 15) is 0 Å². The molecule has 0 radical (unpaired) electrons. The summed E-state index contributed by atoms with van der Waals surface area (Å²) < 4.78 is 2.44. The van der Waals surface area contributed by atoms with Gasteiger partial charge in [-0.3, -0.25) is 0 Å². The molecule has 0 aliphatic carbocycles. The summed E-state index contributed by atoms with van der Waals surface area (Å²) >= 11 is 0. The minimum Gasteiger partial charge on any atom is -0.248 e. The van der Waals surface area contributed by atoms with Crippen LogP contribution in [-0.4, -0.2) is 4.98 Å². The van der Waals surface area contributed by atoms with Crippen LogP contribution in [0, 0.1) is 5.92 Å². The van der Waals surface area contributed by atoms with E-state index in [1.165, 1.54) is 115 Å². The van der Waals surface area contributed by atoms with Gasteiger partial charge in [0.2, 0.25) is 0 Å². The molecule has 0 aromatic carbocycles. The molecule has 2 heteroatoms. The predicted octanol–water partition coefficient (Wildman–Crippen LogP) is 7.37. The first-order chi connectivity index (χ1) is 12.7. The lowest BCUT2D eigenvalue weighted by atomic mass is 10.0. The van der Waals surface area contributed by atoms with Gasteiger partial charge in [0.15, 0.2) is 0 Å². The van der Waals surface area contributed by atoms with E-state index < -0.39 is 0 Å². The SMILES string of the molecule is CCCCCCCCCCCCCCC[n+]1cc[nH]c1CCCC(C)C. The number of aromatic amines is 1. The second-order valence-corrected chi connectivity index (χ2v) is 8.63. The summed E-state index contributed by atoms with van der Waals surface area (Å²) in [6, 6.07) is 0. The third-order valence-corrected chi connectivity index (χ3v) is 5.55. The monoisotopic (exact) mass is 363 g/mol. The molecular formula is C24H47N2+. The Morgan fingerprint density at radius 3 is 1.85 bits per heavy atom. The molecule has 152 valence electrons. The molecule has 0 unspecified atom stereocenters. The fraction of sp³-hybridized carbons (Fsp3) is 0.875. The number of hydrogen-bond donors (Lipinski definition) is 1. The Kier molecular flexibility index (Phi) is 14.7. The fourth-order valence-corrected chi connectivity index (χ4v) is 3.80. The van der Waals surface area contributed by atoms with Crippen molar-refractivity contribution in [3.8, 4) is 0 Å². The highest BCUT2D eigenvalue weighted by atomic mass is 15.1. The van der Waals surface area contributed by atoms with E-state index in [0.29, 0.717) is 0 Å². The number of imidazole rings is 1. The number of unbranched alkanes of at least 4 members (excludes halogenated alkanes) is 12. The number of nitrogens with one attached hydrogen (secondary N) is 1. The Balaban J connectivity index is 1.91. The average molecular weight is 364 g/mol. The summed E-state index contributed by atoms with van der Waals surface area (Å²) in [5.74, 6) is 2.24. The zero-order valence-electron chi connectivity index (χ0n) is 18.2. The van der Waals surface area contributed by atoms with Crippen LogP contribution < -0.4 is 4.57 Å². The summed E-state index contributed by atoms with van der Waals surface area (Å²) in [4.78, 5) is 3.44. The summed E-state index contributed by atoms with van der Waals surface area (Å²) in [6.45, 7) is 8.12. The van der Waals surface area contributed by atoms with E-state index in [4.69, 9.17) is 0 Å². The minimum absolute atomic E-state index is 0.819. The molecule has 0 bridgehead atoms. The van der Waals surface area contributed by atoms with Crippen LogP contribution in [-0.2, 0) is 13.0 Å². The standard InChI is InChI=1S/C24H46N2/c1-4-5-6-7-8-9-10-11-12-13-14-15-16-21-26-22-20-25-24(26)19-17-18-23(2)3/h20,22-23H,4-19,21H2,1-3H3/p+1. The van der Waals surface area contributed by atoms with Crippen molar-refractivity contribution in [2.24, 2.45) is 5.92 Å². The van der Waals surface area contributed by atoms with Gasteiger partial charge < -0.3 is 0 Å². The van der Waals surface area contributed by atoms with Crippen LogP contribution >= 0.6 is 0 Å². The van der Waals surface area contributed by atoms with Gasteiger partial charge in [-0.05, 0) is 25.2 Å². The number of aryl methyl sites for hydroxylation is 2. The quantitative estimate of drug-likeness (QED) is 0.207. The van der Waals surface area contributed by atoms with E-state index in [1.807, 2.05) is 0 Å². The second-order valence-electron chi connectivity index (χ2n) is 8.63. The number of nitrogens with zero attached hydrogens (tertiary/aromatic N) is 1. The van der Waals surface area contributed by atoms with Gasteiger partial charge in [-0.25, -0.2) is 9.55 Å². The topological polar surface area (TPSA) is 19.7 Å². The van der Waals surface area contributed by atoms with Crippen LogP contribution in [0.4, 0.5) is 0 Å². The summed E-state index contributed by atoms with van der Waals surface area (Å²) in [5.41, 5.74) is 0. The number of rotatable bonds is 18. The number of H-pyrrole nitrogens is 1. The second kappa shape index (κ2) is 16.4. The fourth-order valence-electron chi connectivity index (χ4n) is 3.80. The van der Waals surface area contributed by atoms with Gasteiger partial charge in [0, 0.05) is 6.42 Å². The minimum atomic E-state index is 0.819. The third kappa shape index (κ3) is 12.5. The smallest absolute Gasteiger partial charge is 0.248 e. The lowest BCUT2D eigenvalue weighted by Gasteiger charge is -2.04. The summed E-state index contributed by atoms with van der Waals surface area (Å²) in [5, 5.41) is 0. The van der Waals surface area contributed by atoms with Crippen molar-refractivity contribution in [3.05, 3.63) is 18.2 Å². The Labute approximate surface area is 164 Å². The van der Waals surface area contributed by atoms with E-state index in [0.717, 1.165) is 5.92 Å². The summed E-state index contributed by atoms with van der Waals surface area (Å²) in [7, 11) is 0. The van der Waals surface area contributed by atoms with Crippen molar-refractivity contribution in [2.45, 2.75) is 130 Å². The third-order valence-electron chi connectivity index (χ3n) is 5.55. The maximum absolute atomic E-state index is 3.44. The number of hydrogen-bond acceptors (Lipinski definition) is 0. The lowest BCUT2D eigenvalue weighted by molar-refractivity contribution is -0.703. The normalized spacial score (nSPS) is 11.5. The van der Waals surface area contributed by atoms with Crippen LogP contribution in [0.3, 0.4) is 0 Å². The Hall–Kier alpha value is -0.790. The van der Waals surface area contributed by atoms with Gasteiger partial charge in [0.1, 0.15) is 12.4 Å². The predicted molar refractivity (Wildman–Crippen MR) is 114 cm³/mol. The van der Waals surface area contributed by atoms with Gasteiger partial charge in [-0.15, -0.1) is 0 Å².